The average molecular weight is 365 g/mol. The Kier molecular flexibility index (Phi) is 4.59. The molecule has 3 atom stereocenters. The molecule has 2 fully saturated rings. The molecule has 1 saturated heterocycles. The van der Waals surface area contributed by atoms with E-state index in [-0.39, 0.29) is 11.8 Å². The Labute approximate surface area is 139 Å². The fourth-order valence-electron chi connectivity index (χ4n) is 3.89. The third kappa shape index (κ3) is 3.72. The Morgan fingerprint density at radius 1 is 1.29 bits per heavy atom. The van der Waals surface area contributed by atoms with E-state index in [0.29, 0.717) is 19.1 Å². The number of aromatic nitrogens is 1. The van der Waals surface area contributed by atoms with E-state index in [4.69, 9.17) is 0 Å². The lowest BCUT2D eigenvalue weighted by Gasteiger charge is -2.27. The third-order valence-corrected chi connectivity index (χ3v) is 7.07. The van der Waals surface area contributed by atoms with Gasteiger partial charge in [-0.2, -0.15) is 13.2 Å². The summed E-state index contributed by atoms with van der Waals surface area (Å²) in [7, 11) is -1.80. The molecule has 1 aromatic heterocycles. The van der Waals surface area contributed by atoms with Crippen LogP contribution in [0, 0.1) is 11.8 Å². The smallest absolute Gasteiger partial charge is 0.370 e. The van der Waals surface area contributed by atoms with E-state index in [1.807, 2.05) is 25.5 Å². The van der Waals surface area contributed by atoms with Crippen molar-refractivity contribution in [2.75, 3.05) is 30.8 Å². The monoisotopic (exact) mass is 365 g/mol. The van der Waals surface area contributed by atoms with Crippen LogP contribution in [0.15, 0.2) is 18.5 Å². The lowest BCUT2D eigenvalue weighted by molar-refractivity contribution is -0.130. The second kappa shape index (κ2) is 6.25. The van der Waals surface area contributed by atoms with Gasteiger partial charge in [0.2, 0.25) is 10.0 Å². The largest absolute Gasteiger partial charge is 0.390 e. The van der Waals surface area contributed by atoms with E-state index in [1.165, 1.54) is 4.31 Å². The summed E-state index contributed by atoms with van der Waals surface area (Å²) in [5, 5.41) is 0. The predicted octanol–water partition coefficient (Wildman–Crippen LogP) is 2.44. The minimum Gasteiger partial charge on any atom is -0.370 e. The van der Waals surface area contributed by atoms with Gasteiger partial charge in [-0.1, -0.05) is 0 Å². The maximum Gasteiger partial charge on any atom is 0.390 e. The van der Waals surface area contributed by atoms with Crippen LogP contribution < -0.4 is 4.90 Å². The van der Waals surface area contributed by atoms with Crippen molar-refractivity contribution in [3.63, 3.8) is 0 Å². The predicted molar refractivity (Wildman–Crippen MR) is 85.2 cm³/mol. The maximum absolute atomic E-state index is 12.3. The molecule has 1 unspecified atom stereocenters. The first-order chi connectivity index (χ1) is 11.2. The first-order valence-corrected chi connectivity index (χ1v) is 9.67. The van der Waals surface area contributed by atoms with Crippen LogP contribution in [0.1, 0.15) is 19.3 Å². The van der Waals surface area contributed by atoms with Crippen molar-refractivity contribution in [1.82, 2.24) is 9.29 Å². The number of hydrogen-bond donors (Lipinski definition) is 1. The van der Waals surface area contributed by atoms with Gasteiger partial charge in [-0.3, -0.25) is 0 Å². The summed E-state index contributed by atoms with van der Waals surface area (Å²) < 4.78 is 62.4. The van der Waals surface area contributed by atoms with Crippen LogP contribution >= 0.6 is 0 Å². The molecule has 3 rings (SSSR count). The van der Waals surface area contributed by atoms with Crippen molar-refractivity contribution in [3.05, 3.63) is 18.5 Å². The molecule has 1 saturated carbocycles. The topological polar surface area (TPSA) is 56.4 Å². The summed E-state index contributed by atoms with van der Waals surface area (Å²) in [5.74, 6) is -0.378. The van der Waals surface area contributed by atoms with Crippen LogP contribution in [-0.4, -0.2) is 55.8 Å². The molecular formula is C15H22F3N3O2S. The van der Waals surface area contributed by atoms with Gasteiger partial charge in [0.1, 0.15) is 0 Å². The second-order valence-electron chi connectivity index (χ2n) is 6.82. The SMILES string of the molecule is CN(c1cc[nH]c1)C1C[C@@H]2CN(S(=O)(=O)CCC(F)(F)F)C[C@@H]2C1. The van der Waals surface area contributed by atoms with Crippen LogP contribution in [0.3, 0.4) is 0 Å². The van der Waals surface area contributed by atoms with Crippen LogP contribution in [0.5, 0.6) is 0 Å². The molecule has 0 bridgehead atoms. The molecule has 0 spiro atoms. The zero-order chi connectivity index (χ0) is 17.5. The van der Waals surface area contributed by atoms with E-state index >= 15 is 0 Å². The normalized spacial score (nSPS) is 28.2. The molecule has 0 amide bonds. The molecule has 9 heteroatoms. The summed E-state index contributed by atoms with van der Waals surface area (Å²) in [5.41, 5.74) is 1.09. The molecule has 0 radical (unpaired) electrons. The van der Waals surface area contributed by atoms with Crippen molar-refractivity contribution < 1.29 is 21.6 Å². The number of nitrogens with zero attached hydrogens (tertiary/aromatic N) is 2. The summed E-state index contributed by atoms with van der Waals surface area (Å²) in [6, 6.07) is 2.33. The maximum atomic E-state index is 12.3. The molecule has 1 aromatic rings. The third-order valence-electron chi connectivity index (χ3n) is 5.27. The van der Waals surface area contributed by atoms with Crippen molar-refractivity contribution >= 4 is 15.7 Å². The molecule has 1 aliphatic heterocycles. The number of halogens is 3. The van der Waals surface area contributed by atoms with Crippen molar-refractivity contribution in [2.24, 2.45) is 11.8 Å². The lowest BCUT2D eigenvalue weighted by Crippen LogP contribution is -2.35. The van der Waals surface area contributed by atoms with Crippen LogP contribution in [0.4, 0.5) is 18.9 Å². The number of rotatable bonds is 5. The van der Waals surface area contributed by atoms with E-state index in [9.17, 15) is 21.6 Å². The van der Waals surface area contributed by atoms with E-state index in [1.54, 1.807) is 0 Å². The summed E-state index contributed by atoms with van der Waals surface area (Å²) in [6.07, 6.45) is -0.194. The molecule has 1 N–H and O–H groups in total. The number of sulfonamides is 1. The molecule has 0 aromatic carbocycles. The van der Waals surface area contributed by atoms with E-state index < -0.39 is 28.4 Å². The lowest BCUT2D eigenvalue weighted by atomic mass is 10.0. The average Bonchev–Trinajstić information content (AvgIpc) is 3.18. The molecule has 1 aliphatic carbocycles. The fourth-order valence-corrected chi connectivity index (χ4v) is 5.47. The fraction of sp³-hybridized carbons (Fsp3) is 0.733. The van der Waals surface area contributed by atoms with Gasteiger partial charge in [-0.15, -0.1) is 0 Å². The summed E-state index contributed by atoms with van der Waals surface area (Å²) in [6.45, 7) is 0.699. The van der Waals surface area contributed by atoms with Crippen molar-refractivity contribution in [2.45, 2.75) is 31.5 Å². The molecular weight excluding hydrogens is 343 g/mol. The Bertz CT molecular complexity index is 646. The highest BCUT2D eigenvalue weighted by atomic mass is 32.2. The molecule has 2 heterocycles. The van der Waals surface area contributed by atoms with Crippen LogP contribution in [0.2, 0.25) is 0 Å². The van der Waals surface area contributed by atoms with Crippen LogP contribution in [0.25, 0.3) is 0 Å². The summed E-state index contributed by atoms with van der Waals surface area (Å²) >= 11 is 0. The number of nitrogens with one attached hydrogen (secondary N) is 1. The highest BCUT2D eigenvalue weighted by molar-refractivity contribution is 7.89. The minimum atomic E-state index is -4.44. The van der Waals surface area contributed by atoms with Crippen molar-refractivity contribution in [1.29, 1.82) is 0 Å². The van der Waals surface area contributed by atoms with E-state index in [0.717, 1.165) is 18.5 Å². The number of aromatic amines is 1. The first kappa shape index (κ1) is 17.6. The number of hydrogen-bond acceptors (Lipinski definition) is 3. The highest BCUT2D eigenvalue weighted by Crippen LogP contribution is 2.42. The quantitative estimate of drug-likeness (QED) is 0.872. The number of alkyl halides is 3. The zero-order valence-corrected chi connectivity index (χ0v) is 14.3. The van der Waals surface area contributed by atoms with Gasteiger partial charge >= 0.3 is 6.18 Å². The molecule has 24 heavy (non-hydrogen) atoms. The Hall–Kier alpha value is -1.22. The number of anilines is 1. The van der Waals surface area contributed by atoms with Crippen LogP contribution in [-0.2, 0) is 10.0 Å². The molecule has 5 nitrogen and oxygen atoms in total. The van der Waals surface area contributed by atoms with Gasteiger partial charge in [0.15, 0.2) is 0 Å². The van der Waals surface area contributed by atoms with Gasteiger partial charge < -0.3 is 9.88 Å². The first-order valence-electron chi connectivity index (χ1n) is 8.06. The molecule has 136 valence electrons. The van der Waals surface area contributed by atoms with Gasteiger partial charge in [-0.05, 0) is 30.7 Å². The molecule has 2 aliphatic rings. The Morgan fingerprint density at radius 2 is 1.92 bits per heavy atom. The highest BCUT2D eigenvalue weighted by Gasteiger charge is 2.46. The zero-order valence-electron chi connectivity index (χ0n) is 13.5. The second-order valence-corrected chi connectivity index (χ2v) is 8.91. The van der Waals surface area contributed by atoms with E-state index in [2.05, 4.69) is 9.88 Å². The number of H-pyrrole nitrogens is 1. The standard InChI is InChI=1S/C15H22F3N3O2S/c1-20(13-2-4-19-8-13)14-6-11-9-21(10-12(11)7-14)24(22,23)5-3-15(16,17)18/h2,4,8,11-12,14,19H,3,5-7,9-10H2,1H3/t11-,12+,14?. The minimum absolute atomic E-state index is 0.233. The van der Waals surface area contributed by atoms with Gasteiger partial charge in [0, 0.05) is 38.6 Å². The Balaban J connectivity index is 1.57. The van der Waals surface area contributed by atoms with Gasteiger partial charge in [0.25, 0.3) is 0 Å². The van der Waals surface area contributed by atoms with Gasteiger partial charge in [-0.25, -0.2) is 12.7 Å². The number of fused-ring (bicyclic) bond motifs is 1. The summed E-state index contributed by atoms with van der Waals surface area (Å²) in [4.78, 5) is 5.21. The van der Waals surface area contributed by atoms with Crippen molar-refractivity contribution in [3.8, 4) is 0 Å². The van der Waals surface area contributed by atoms with Gasteiger partial charge in [0.05, 0.1) is 17.9 Å². The Morgan fingerprint density at radius 3 is 2.42 bits per heavy atom.